The summed E-state index contributed by atoms with van der Waals surface area (Å²) in [6.07, 6.45) is 0.995. The number of ether oxygens (including phenoxy) is 1. The molecule has 28 heavy (non-hydrogen) atoms. The number of anilines is 1. The number of nitrogens with zero attached hydrogens (tertiary/aromatic N) is 2. The first-order chi connectivity index (χ1) is 13.3. The number of carbonyl (C=O) groups excluding carboxylic acids is 3. The van der Waals surface area contributed by atoms with E-state index in [9.17, 15) is 14.4 Å². The first-order valence-corrected chi connectivity index (χ1v) is 8.81. The van der Waals surface area contributed by atoms with E-state index in [-0.39, 0.29) is 5.82 Å². The molecule has 148 valence electrons. The maximum absolute atomic E-state index is 12.8. The standard InChI is InChI=1S/C19H22N4O5/c1-12-10-15(22-28-12)20-16(24)11-23-17(25)19(2,21-18(23)26)9-8-13-4-6-14(27-3)7-5-13/h4-7,10H,8-9,11H2,1-3H3,(H,21,26)(H,20,22,24). The quantitative estimate of drug-likeness (QED) is 0.702. The van der Waals surface area contributed by atoms with Gasteiger partial charge >= 0.3 is 6.03 Å². The van der Waals surface area contributed by atoms with Crippen molar-refractivity contribution in [3.8, 4) is 5.75 Å². The predicted molar refractivity (Wildman–Crippen MR) is 99.8 cm³/mol. The van der Waals surface area contributed by atoms with Crippen LogP contribution in [-0.4, -0.2) is 47.1 Å². The molecule has 1 aliphatic heterocycles. The Labute approximate surface area is 162 Å². The van der Waals surface area contributed by atoms with Crippen molar-refractivity contribution in [2.75, 3.05) is 19.0 Å². The number of methoxy groups -OCH3 is 1. The highest BCUT2D eigenvalue weighted by Gasteiger charge is 2.47. The molecule has 2 aromatic rings. The second-order valence-corrected chi connectivity index (χ2v) is 6.87. The van der Waals surface area contributed by atoms with E-state index >= 15 is 0 Å². The predicted octanol–water partition coefficient (Wildman–Crippen LogP) is 1.87. The molecule has 1 atom stereocenters. The number of amides is 4. The molecule has 9 nitrogen and oxygen atoms in total. The first-order valence-electron chi connectivity index (χ1n) is 8.81. The molecule has 2 heterocycles. The highest BCUT2D eigenvalue weighted by atomic mass is 16.5. The molecule has 1 saturated heterocycles. The molecule has 0 saturated carbocycles. The monoisotopic (exact) mass is 386 g/mol. The Bertz CT molecular complexity index is 892. The van der Waals surface area contributed by atoms with Gasteiger partial charge in [-0.15, -0.1) is 0 Å². The van der Waals surface area contributed by atoms with Crippen LogP contribution in [-0.2, 0) is 16.0 Å². The number of rotatable bonds is 7. The molecule has 2 N–H and O–H groups in total. The van der Waals surface area contributed by atoms with Gasteiger partial charge in [-0.25, -0.2) is 4.79 Å². The summed E-state index contributed by atoms with van der Waals surface area (Å²) in [6.45, 7) is 2.96. The minimum absolute atomic E-state index is 0.233. The smallest absolute Gasteiger partial charge is 0.325 e. The van der Waals surface area contributed by atoms with Gasteiger partial charge in [0.15, 0.2) is 5.82 Å². The van der Waals surface area contributed by atoms with E-state index in [1.165, 1.54) is 0 Å². The van der Waals surface area contributed by atoms with Crippen LogP contribution in [0.1, 0.15) is 24.7 Å². The Morgan fingerprint density at radius 3 is 2.64 bits per heavy atom. The van der Waals surface area contributed by atoms with Gasteiger partial charge in [0.1, 0.15) is 23.6 Å². The lowest BCUT2D eigenvalue weighted by molar-refractivity contribution is -0.133. The van der Waals surface area contributed by atoms with Gasteiger partial charge in [-0.05, 0) is 44.4 Å². The second kappa shape index (κ2) is 7.71. The third-order valence-electron chi connectivity index (χ3n) is 4.62. The molecule has 0 aliphatic carbocycles. The molecule has 1 aromatic heterocycles. The van der Waals surface area contributed by atoms with E-state index < -0.39 is 29.9 Å². The second-order valence-electron chi connectivity index (χ2n) is 6.87. The molecule has 0 spiro atoms. The van der Waals surface area contributed by atoms with Gasteiger partial charge in [0.25, 0.3) is 5.91 Å². The molecule has 1 fully saturated rings. The average molecular weight is 386 g/mol. The maximum Gasteiger partial charge on any atom is 0.325 e. The van der Waals surface area contributed by atoms with Gasteiger partial charge in [0.05, 0.1) is 7.11 Å². The Morgan fingerprint density at radius 1 is 1.32 bits per heavy atom. The Balaban J connectivity index is 1.60. The summed E-state index contributed by atoms with van der Waals surface area (Å²) in [4.78, 5) is 38.1. The van der Waals surface area contributed by atoms with Crippen molar-refractivity contribution in [2.24, 2.45) is 0 Å². The third-order valence-corrected chi connectivity index (χ3v) is 4.62. The highest BCUT2D eigenvalue weighted by Crippen LogP contribution is 2.24. The molecule has 3 rings (SSSR count). The molecule has 4 amide bonds. The van der Waals surface area contributed by atoms with Crippen molar-refractivity contribution in [3.63, 3.8) is 0 Å². The molecule has 0 radical (unpaired) electrons. The summed E-state index contributed by atoms with van der Waals surface area (Å²) in [5.41, 5.74) is -0.0523. The number of imide groups is 1. The summed E-state index contributed by atoms with van der Waals surface area (Å²) >= 11 is 0. The lowest BCUT2D eigenvalue weighted by Gasteiger charge is -2.21. The Kier molecular flexibility index (Phi) is 5.34. The lowest BCUT2D eigenvalue weighted by atomic mass is 9.93. The Morgan fingerprint density at radius 2 is 2.04 bits per heavy atom. The number of hydrogen-bond donors (Lipinski definition) is 2. The van der Waals surface area contributed by atoms with Crippen molar-refractivity contribution >= 4 is 23.7 Å². The summed E-state index contributed by atoms with van der Waals surface area (Å²) in [7, 11) is 1.59. The van der Waals surface area contributed by atoms with Crippen molar-refractivity contribution < 1.29 is 23.6 Å². The molecular formula is C19H22N4O5. The van der Waals surface area contributed by atoms with Gasteiger partial charge in [-0.2, -0.15) is 0 Å². The zero-order chi connectivity index (χ0) is 20.3. The molecule has 1 aliphatic rings. The molecular weight excluding hydrogens is 364 g/mol. The maximum atomic E-state index is 12.8. The number of nitrogens with one attached hydrogen (secondary N) is 2. The number of carbonyl (C=O) groups is 3. The summed E-state index contributed by atoms with van der Waals surface area (Å²) in [5, 5.41) is 8.84. The SMILES string of the molecule is COc1ccc(CCC2(C)NC(=O)N(CC(=O)Nc3cc(C)on3)C2=O)cc1. The van der Waals surface area contributed by atoms with E-state index in [1.54, 1.807) is 27.0 Å². The van der Waals surface area contributed by atoms with E-state index in [1.807, 2.05) is 24.3 Å². The van der Waals surface area contributed by atoms with Gasteiger partial charge in [-0.3, -0.25) is 14.5 Å². The van der Waals surface area contributed by atoms with E-state index in [2.05, 4.69) is 15.8 Å². The number of aryl methyl sites for hydroxylation is 2. The lowest BCUT2D eigenvalue weighted by Crippen LogP contribution is -2.45. The van der Waals surface area contributed by atoms with E-state index in [0.717, 1.165) is 16.2 Å². The topological polar surface area (TPSA) is 114 Å². The summed E-state index contributed by atoms with van der Waals surface area (Å²) < 4.78 is 9.99. The minimum atomic E-state index is -1.07. The van der Waals surface area contributed by atoms with E-state index in [4.69, 9.17) is 9.26 Å². The van der Waals surface area contributed by atoms with Crippen LogP contribution in [0.5, 0.6) is 5.75 Å². The third kappa shape index (κ3) is 4.13. The molecule has 0 bridgehead atoms. The van der Waals surface area contributed by atoms with Gasteiger partial charge in [-0.1, -0.05) is 17.3 Å². The van der Waals surface area contributed by atoms with Crippen molar-refractivity contribution in [1.29, 1.82) is 0 Å². The average Bonchev–Trinajstić information content (AvgIpc) is 3.16. The first kappa shape index (κ1) is 19.4. The van der Waals surface area contributed by atoms with Crippen molar-refractivity contribution in [2.45, 2.75) is 32.2 Å². The van der Waals surface area contributed by atoms with Crippen molar-refractivity contribution in [3.05, 3.63) is 41.7 Å². The zero-order valence-electron chi connectivity index (χ0n) is 15.9. The fourth-order valence-corrected chi connectivity index (χ4v) is 3.00. The number of urea groups is 1. The fraction of sp³-hybridized carbons (Fsp3) is 0.368. The molecule has 1 unspecified atom stereocenters. The largest absolute Gasteiger partial charge is 0.497 e. The highest BCUT2D eigenvalue weighted by molar-refractivity contribution is 6.09. The van der Waals surface area contributed by atoms with Crippen LogP contribution >= 0.6 is 0 Å². The number of aromatic nitrogens is 1. The van der Waals surface area contributed by atoms with Gasteiger partial charge < -0.3 is 19.9 Å². The molecule has 1 aromatic carbocycles. The van der Waals surface area contributed by atoms with Crippen molar-refractivity contribution in [1.82, 2.24) is 15.4 Å². The fourth-order valence-electron chi connectivity index (χ4n) is 3.00. The van der Waals surface area contributed by atoms with Crippen LogP contribution in [0.25, 0.3) is 0 Å². The minimum Gasteiger partial charge on any atom is -0.497 e. The summed E-state index contributed by atoms with van der Waals surface area (Å²) in [6, 6.07) is 8.46. The number of benzene rings is 1. The Hall–Kier alpha value is -3.36. The van der Waals surface area contributed by atoms with Crippen LogP contribution in [0.3, 0.4) is 0 Å². The van der Waals surface area contributed by atoms with Crippen LogP contribution in [0.15, 0.2) is 34.9 Å². The van der Waals surface area contributed by atoms with Gasteiger partial charge in [0, 0.05) is 6.07 Å². The van der Waals surface area contributed by atoms with Crippen LogP contribution in [0.2, 0.25) is 0 Å². The van der Waals surface area contributed by atoms with E-state index in [0.29, 0.717) is 18.6 Å². The number of hydrogen-bond acceptors (Lipinski definition) is 6. The zero-order valence-corrected chi connectivity index (χ0v) is 15.9. The molecule has 9 heteroatoms. The van der Waals surface area contributed by atoms with Gasteiger partial charge in [0.2, 0.25) is 5.91 Å². The van der Waals surface area contributed by atoms with Crippen LogP contribution in [0, 0.1) is 6.92 Å². The summed E-state index contributed by atoms with van der Waals surface area (Å²) in [5.74, 6) is 0.557. The van der Waals surface area contributed by atoms with Crippen LogP contribution in [0.4, 0.5) is 10.6 Å². The van der Waals surface area contributed by atoms with Crippen LogP contribution < -0.4 is 15.4 Å². The normalized spacial score (nSPS) is 18.9.